The quantitative estimate of drug-likeness (QED) is 0.749. The Bertz CT molecular complexity index is 880. The van der Waals surface area contributed by atoms with Gasteiger partial charge < -0.3 is 14.8 Å². The van der Waals surface area contributed by atoms with Crippen LogP contribution in [0, 0.1) is 0 Å². The van der Waals surface area contributed by atoms with Gasteiger partial charge in [-0.1, -0.05) is 28.1 Å². The number of ether oxygens (including phenoxy) is 2. The van der Waals surface area contributed by atoms with E-state index in [0.29, 0.717) is 27.3 Å². The molecular weight excluding hydrogens is 404 g/mol. The van der Waals surface area contributed by atoms with Crippen molar-refractivity contribution in [3.05, 3.63) is 57.4 Å². The number of rotatable bonds is 4. The summed E-state index contributed by atoms with van der Waals surface area (Å²) < 4.78 is 11.5. The zero-order chi connectivity index (χ0) is 17.8. The maximum absolute atomic E-state index is 12.3. The number of amides is 1. The molecule has 1 N–H and O–H groups in total. The molecule has 3 rings (SSSR count). The Labute approximate surface area is 158 Å². The van der Waals surface area contributed by atoms with Gasteiger partial charge in [-0.15, -0.1) is 0 Å². The minimum Gasteiger partial charge on any atom is -0.496 e. The average molecular weight is 419 g/mol. The molecule has 1 heterocycles. The van der Waals surface area contributed by atoms with Crippen molar-refractivity contribution < 1.29 is 14.3 Å². The van der Waals surface area contributed by atoms with E-state index in [-0.39, 0.29) is 5.91 Å². The molecule has 0 radical (unpaired) electrons. The van der Waals surface area contributed by atoms with E-state index in [1.807, 2.05) is 42.5 Å². The lowest BCUT2D eigenvalue weighted by atomic mass is 10.2. The molecule has 0 aromatic heterocycles. The summed E-state index contributed by atoms with van der Waals surface area (Å²) in [4.78, 5) is 17.3. The Kier molecular flexibility index (Phi) is 5.45. The number of aliphatic imine (C=N–C) groups is 1. The van der Waals surface area contributed by atoms with Crippen LogP contribution >= 0.6 is 27.7 Å². The van der Waals surface area contributed by atoms with Crippen LogP contribution in [0.1, 0.15) is 5.56 Å². The Morgan fingerprint density at radius 2 is 1.88 bits per heavy atom. The number of thioether (sulfide) groups is 1. The van der Waals surface area contributed by atoms with E-state index in [0.717, 1.165) is 10.0 Å². The van der Waals surface area contributed by atoms with Gasteiger partial charge in [0.25, 0.3) is 5.91 Å². The van der Waals surface area contributed by atoms with Crippen LogP contribution in [0.2, 0.25) is 0 Å². The van der Waals surface area contributed by atoms with Gasteiger partial charge in [-0.2, -0.15) is 0 Å². The Balaban J connectivity index is 1.90. The van der Waals surface area contributed by atoms with Crippen molar-refractivity contribution in [1.82, 2.24) is 5.32 Å². The predicted octanol–water partition coefficient (Wildman–Crippen LogP) is 4.36. The monoisotopic (exact) mass is 418 g/mol. The topological polar surface area (TPSA) is 59.9 Å². The second-order valence-corrected chi connectivity index (χ2v) is 6.99. The lowest BCUT2D eigenvalue weighted by molar-refractivity contribution is -0.115. The van der Waals surface area contributed by atoms with Crippen molar-refractivity contribution in [2.75, 3.05) is 14.2 Å². The lowest BCUT2D eigenvalue weighted by Crippen LogP contribution is -2.19. The molecule has 1 amide bonds. The highest BCUT2D eigenvalue weighted by Crippen LogP contribution is 2.33. The molecule has 1 saturated heterocycles. The molecule has 1 fully saturated rings. The van der Waals surface area contributed by atoms with E-state index < -0.39 is 0 Å². The first kappa shape index (κ1) is 17.6. The third kappa shape index (κ3) is 4.05. The second-order valence-electron chi connectivity index (χ2n) is 5.04. The predicted molar refractivity (Wildman–Crippen MR) is 104 cm³/mol. The summed E-state index contributed by atoms with van der Waals surface area (Å²) in [5.74, 6) is 1.15. The molecule has 0 unspecified atom stereocenters. The normalized spacial score (nSPS) is 17.0. The average Bonchev–Trinajstić information content (AvgIpc) is 2.95. The molecule has 0 bridgehead atoms. The molecule has 2 aromatic carbocycles. The molecular formula is C18H15BrN2O3S. The summed E-state index contributed by atoms with van der Waals surface area (Å²) in [5.41, 5.74) is 1.47. The van der Waals surface area contributed by atoms with Crippen molar-refractivity contribution in [3.63, 3.8) is 0 Å². The van der Waals surface area contributed by atoms with Crippen LogP contribution < -0.4 is 14.8 Å². The van der Waals surface area contributed by atoms with Gasteiger partial charge >= 0.3 is 0 Å². The minimum absolute atomic E-state index is 0.194. The number of amidine groups is 1. The first-order valence-corrected chi connectivity index (χ1v) is 8.98. The molecule has 7 heteroatoms. The first-order valence-electron chi connectivity index (χ1n) is 7.37. The number of carbonyl (C=O) groups excluding carboxylic acids is 1. The number of nitrogens with zero attached hydrogens (tertiary/aromatic N) is 1. The molecule has 0 aliphatic carbocycles. The van der Waals surface area contributed by atoms with E-state index in [2.05, 4.69) is 26.2 Å². The summed E-state index contributed by atoms with van der Waals surface area (Å²) in [7, 11) is 3.19. The number of hydrogen-bond donors (Lipinski definition) is 1. The fraction of sp³-hybridized carbons (Fsp3) is 0.111. The van der Waals surface area contributed by atoms with E-state index in [1.54, 1.807) is 20.3 Å². The van der Waals surface area contributed by atoms with Crippen molar-refractivity contribution in [2.45, 2.75) is 0 Å². The maximum atomic E-state index is 12.3. The molecule has 2 aromatic rings. The highest BCUT2D eigenvalue weighted by molar-refractivity contribution is 9.10. The van der Waals surface area contributed by atoms with E-state index in [4.69, 9.17) is 9.47 Å². The molecule has 5 nitrogen and oxygen atoms in total. The first-order chi connectivity index (χ1) is 12.1. The van der Waals surface area contributed by atoms with Crippen LogP contribution in [0.25, 0.3) is 6.08 Å². The molecule has 0 spiro atoms. The maximum Gasteiger partial charge on any atom is 0.264 e. The number of halogens is 1. The number of nitrogens with one attached hydrogen (secondary N) is 1. The minimum atomic E-state index is -0.194. The summed E-state index contributed by atoms with van der Waals surface area (Å²) >= 11 is 4.71. The van der Waals surface area contributed by atoms with Gasteiger partial charge in [-0.05, 0) is 48.2 Å². The van der Waals surface area contributed by atoms with Gasteiger partial charge in [0.05, 0.1) is 19.1 Å². The SMILES string of the molecule is COc1ccc(Br)cc1/C=C1\SC(=Nc2ccccc2OC)NC1=O. The fourth-order valence-electron chi connectivity index (χ4n) is 2.27. The number of para-hydroxylation sites is 2. The zero-order valence-electron chi connectivity index (χ0n) is 13.6. The van der Waals surface area contributed by atoms with E-state index in [9.17, 15) is 4.79 Å². The van der Waals surface area contributed by atoms with Crippen LogP contribution in [-0.2, 0) is 4.79 Å². The van der Waals surface area contributed by atoms with Crippen molar-refractivity contribution >= 4 is 50.5 Å². The summed E-state index contributed by atoms with van der Waals surface area (Å²) in [6.45, 7) is 0. The Morgan fingerprint density at radius 1 is 1.12 bits per heavy atom. The van der Waals surface area contributed by atoms with Gasteiger partial charge in [-0.3, -0.25) is 4.79 Å². The number of hydrogen-bond acceptors (Lipinski definition) is 5. The second kappa shape index (κ2) is 7.76. The third-order valence-corrected chi connectivity index (χ3v) is 4.84. The standard InChI is InChI=1S/C18H15BrN2O3S/c1-23-14-8-7-12(19)9-11(14)10-16-17(22)21-18(25-16)20-13-5-3-4-6-15(13)24-2/h3-10H,1-2H3,(H,20,21,22)/b16-10-. The number of methoxy groups -OCH3 is 2. The smallest absolute Gasteiger partial charge is 0.264 e. The molecule has 1 aliphatic heterocycles. The lowest BCUT2D eigenvalue weighted by Gasteiger charge is -2.05. The number of benzene rings is 2. The van der Waals surface area contributed by atoms with Gasteiger partial charge in [-0.25, -0.2) is 4.99 Å². The molecule has 25 heavy (non-hydrogen) atoms. The largest absolute Gasteiger partial charge is 0.496 e. The number of carbonyl (C=O) groups is 1. The molecule has 0 saturated carbocycles. The van der Waals surface area contributed by atoms with Gasteiger partial charge in [0.15, 0.2) is 5.17 Å². The van der Waals surface area contributed by atoms with Crippen LogP contribution in [-0.4, -0.2) is 25.3 Å². The van der Waals surface area contributed by atoms with Gasteiger partial charge in [0, 0.05) is 10.0 Å². The van der Waals surface area contributed by atoms with Crippen LogP contribution in [0.5, 0.6) is 11.5 Å². The van der Waals surface area contributed by atoms with Crippen molar-refractivity contribution in [3.8, 4) is 11.5 Å². The van der Waals surface area contributed by atoms with Crippen molar-refractivity contribution in [2.24, 2.45) is 4.99 Å². The van der Waals surface area contributed by atoms with Crippen molar-refractivity contribution in [1.29, 1.82) is 0 Å². The molecule has 0 atom stereocenters. The molecule has 128 valence electrons. The van der Waals surface area contributed by atoms with Gasteiger partial charge in [0.2, 0.25) is 0 Å². The fourth-order valence-corrected chi connectivity index (χ4v) is 3.48. The Hall–Kier alpha value is -2.25. The Morgan fingerprint density at radius 3 is 2.64 bits per heavy atom. The summed E-state index contributed by atoms with van der Waals surface area (Å²) in [5, 5.41) is 3.28. The summed E-state index contributed by atoms with van der Waals surface area (Å²) in [6.07, 6.45) is 1.79. The zero-order valence-corrected chi connectivity index (χ0v) is 16.0. The van der Waals surface area contributed by atoms with Crippen LogP contribution in [0.3, 0.4) is 0 Å². The van der Waals surface area contributed by atoms with E-state index in [1.165, 1.54) is 11.8 Å². The summed E-state index contributed by atoms with van der Waals surface area (Å²) in [6, 6.07) is 13.0. The highest BCUT2D eigenvalue weighted by atomic mass is 79.9. The van der Waals surface area contributed by atoms with Crippen LogP contribution in [0.15, 0.2) is 56.8 Å². The van der Waals surface area contributed by atoms with E-state index >= 15 is 0 Å². The molecule has 1 aliphatic rings. The third-order valence-electron chi connectivity index (χ3n) is 3.44. The highest BCUT2D eigenvalue weighted by Gasteiger charge is 2.24. The van der Waals surface area contributed by atoms with Crippen LogP contribution in [0.4, 0.5) is 5.69 Å². The van der Waals surface area contributed by atoms with Gasteiger partial charge in [0.1, 0.15) is 17.2 Å².